The largest absolute Gasteiger partial charge is 0.497 e. The van der Waals surface area contributed by atoms with Gasteiger partial charge in [-0.15, -0.1) is 0 Å². The maximum atomic E-state index is 8.58. The SMILES string of the molecule is [2H]c1c(OC)cc(-c2cnc3cnn(C(c4ccccc4)(c4ccccc4)c4ccccc4)c3c2)c([2H])c1[2H]. The van der Waals surface area contributed by atoms with E-state index in [1.165, 1.54) is 7.11 Å². The molecule has 0 spiro atoms. The van der Waals surface area contributed by atoms with E-state index < -0.39 is 5.54 Å². The molecule has 4 heteroatoms. The van der Waals surface area contributed by atoms with E-state index in [1.807, 2.05) is 65.3 Å². The standard InChI is InChI=1S/C32H25N3O/c1-36-29-19-11-12-24(20-29)25-21-31-30(33-22-25)23-34-35(31)32(26-13-5-2-6-14-26,27-15-7-3-8-16-27)28-17-9-4-10-18-28/h2-23H,1H3/i11D,12D,19D. The van der Waals surface area contributed by atoms with Crippen molar-refractivity contribution in [1.29, 1.82) is 0 Å². The van der Waals surface area contributed by atoms with Gasteiger partial charge in [-0.1, -0.05) is 103 Å². The van der Waals surface area contributed by atoms with Crippen LogP contribution in [0.5, 0.6) is 5.75 Å². The number of hydrogen-bond acceptors (Lipinski definition) is 3. The van der Waals surface area contributed by atoms with Crippen LogP contribution >= 0.6 is 0 Å². The van der Waals surface area contributed by atoms with Crippen molar-refractivity contribution in [3.05, 3.63) is 150 Å². The molecule has 2 heterocycles. The molecule has 2 aromatic heterocycles. The molecule has 4 aromatic carbocycles. The third kappa shape index (κ3) is 3.55. The van der Waals surface area contributed by atoms with Crippen molar-refractivity contribution in [2.45, 2.75) is 5.54 Å². The molecule has 0 radical (unpaired) electrons. The summed E-state index contributed by atoms with van der Waals surface area (Å²) in [5, 5.41) is 4.94. The fourth-order valence-corrected chi connectivity index (χ4v) is 4.86. The highest BCUT2D eigenvalue weighted by atomic mass is 16.5. The van der Waals surface area contributed by atoms with Gasteiger partial charge < -0.3 is 4.74 Å². The number of hydrogen-bond donors (Lipinski definition) is 0. The lowest BCUT2D eigenvalue weighted by molar-refractivity contribution is 0.415. The maximum Gasteiger partial charge on any atom is 0.138 e. The minimum Gasteiger partial charge on any atom is -0.497 e. The topological polar surface area (TPSA) is 39.9 Å². The molecule has 0 bridgehead atoms. The number of methoxy groups -OCH3 is 1. The summed E-state index contributed by atoms with van der Waals surface area (Å²) in [6.45, 7) is 0. The first-order valence-corrected chi connectivity index (χ1v) is 11.7. The van der Waals surface area contributed by atoms with Gasteiger partial charge in [0.15, 0.2) is 0 Å². The molecule has 0 atom stereocenters. The van der Waals surface area contributed by atoms with Crippen molar-refractivity contribution in [1.82, 2.24) is 14.8 Å². The molecule has 0 N–H and O–H groups in total. The number of aromatic nitrogens is 3. The van der Waals surface area contributed by atoms with E-state index >= 15 is 0 Å². The smallest absolute Gasteiger partial charge is 0.138 e. The van der Waals surface area contributed by atoms with Gasteiger partial charge in [0.1, 0.15) is 16.8 Å². The first-order valence-electron chi connectivity index (χ1n) is 13.2. The van der Waals surface area contributed by atoms with Gasteiger partial charge in [-0.3, -0.25) is 4.98 Å². The molecule has 0 unspecified atom stereocenters. The summed E-state index contributed by atoms with van der Waals surface area (Å²) in [6, 6.07) is 34.1. The maximum absolute atomic E-state index is 8.58. The summed E-state index contributed by atoms with van der Waals surface area (Å²) < 4.78 is 32.4. The van der Waals surface area contributed by atoms with Gasteiger partial charge in [0.25, 0.3) is 0 Å². The van der Waals surface area contributed by atoms with E-state index in [0.29, 0.717) is 16.6 Å². The Morgan fingerprint density at radius 2 is 1.31 bits per heavy atom. The first-order chi connectivity index (χ1) is 19.1. The summed E-state index contributed by atoms with van der Waals surface area (Å²) in [4.78, 5) is 4.71. The fourth-order valence-electron chi connectivity index (χ4n) is 4.86. The number of benzene rings is 4. The van der Waals surface area contributed by atoms with Crippen LogP contribution in [0.3, 0.4) is 0 Å². The molecule has 0 aliphatic heterocycles. The van der Waals surface area contributed by atoms with E-state index in [2.05, 4.69) is 36.4 Å². The van der Waals surface area contributed by atoms with Crippen molar-refractivity contribution in [2.75, 3.05) is 7.11 Å². The van der Waals surface area contributed by atoms with Crippen LogP contribution in [-0.4, -0.2) is 21.9 Å². The van der Waals surface area contributed by atoms with Gasteiger partial charge in [-0.2, -0.15) is 5.10 Å². The molecule has 0 saturated carbocycles. The summed E-state index contributed by atoms with van der Waals surface area (Å²) >= 11 is 0. The highest BCUT2D eigenvalue weighted by molar-refractivity contribution is 5.81. The molecule has 0 saturated heterocycles. The number of rotatable bonds is 6. The van der Waals surface area contributed by atoms with E-state index in [9.17, 15) is 0 Å². The van der Waals surface area contributed by atoms with Crippen LogP contribution in [0.2, 0.25) is 0 Å². The normalized spacial score (nSPS) is 12.6. The monoisotopic (exact) mass is 470 g/mol. The lowest BCUT2D eigenvalue weighted by Gasteiger charge is -2.37. The third-order valence-electron chi connectivity index (χ3n) is 6.50. The Bertz CT molecular complexity index is 1680. The average Bonchev–Trinajstić information content (AvgIpc) is 3.42. The summed E-state index contributed by atoms with van der Waals surface area (Å²) in [6.07, 6.45) is 3.44. The molecule has 174 valence electrons. The average molecular weight is 471 g/mol. The summed E-state index contributed by atoms with van der Waals surface area (Å²) in [7, 11) is 1.46. The van der Waals surface area contributed by atoms with Crippen LogP contribution in [0.1, 0.15) is 20.8 Å². The van der Waals surface area contributed by atoms with Gasteiger partial charge >= 0.3 is 0 Å². The molecule has 6 aromatic rings. The molecule has 6 rings (SSSR count). The zero-order valence-corrected chi connectivity index (χ0v) is 19.7. The molecular formula is C32H25N3O. The lowest BCUT2D eigenvalue weighted by atomic mass is 9.77. The highest BCUT2D eigenvalue weighted by Crippen LogP contribution is 2.42. The van der Waals surface area contributed by atoms with Crippen molar-refractivity contribution in [2.24, 2.45) is 0 Å². The quantitative estimate of drug-likeness (QED) is 0.247. The Balaban J connectivity index is 1.70. The molecule has 36 heavy (non-hydrogen) atoms. The Kier molecular flexibility index (Phi) is 4.73. The Labute approximate surface area is 214 Å². The molecule has 4 nitrogen and oxygen atoms in total. The van der Waals surface area contributed by atoms with Crippen LogP contribution in [0.15, 0.2) is 134 Å². The third-order valence-corrected chi connectivity index (χ3v) is 6.50. The van der Waals surface area contributed by atoms with E-state index in [4.69, 9.17) is 18.9 Å². The van der Waals surface area contributed by atoms with Crippen LogP contribution in [0.4, 0.5) is 0 Å². The fraction of sp³-hybridized carbons (Fsp3) is 0.0625. The van der Waals surface area contributed by atoms with E-state index in [0.717, 1.165) is 22.2 Å². The van der Waals surface area contributed by atoms with Gasteiger partial charge in [-0.05, 0) is 40.4 Å². The van der Waals surface area contributed by atoms with Crippen LogP contribution in [0.25, 0.3) is 22.2 Å². The second-order valence-electron chi connectivity index (χ2n) is 8.49. The molecule has 0 fully saturated rings. The minimum atomic E-state index is -0.820. The van der Waals surface area contributed by atoms with Gasteiger partial charge in [-0.25, -0.2) is 4.68 Å². The Morgan fingerprint density at radius 3 is 1.86 bits per heavy atom. The first kappa shape index (κ1) is 18.6. The van der Waals surface area contributed by atoms with Crippen molar-refractivity contribution in [3.63, 3.8) is 0 Å². The zero-order valence-electron chi connectivity index (χ0n) is 22.7. The van der Waals surface area contributed by atoms with E-state index in [1.54, 1.807) is 18.5 Å². The molecule has 0 amide bonds. The number of ether oxygens (including phenoxy) is 1. The van der Waals surface area contributed by atoms with E-state index in [-0.39, 0.29) is 23.9 Å². The van der Waals surface area contributed by atoms with Gasteiger partial charge in [0, 0.05) is 11.8 Å². The summed E-state index contributed by atoms with van der Waals surface area (Å²) in [5.74, 6) is 0.242. The Morgan fingerprint density at radius 1 is 0.722 bits per heavy atom. The van der Waals surface area contributed by atoms with Crippen LogP contribution in [-0.2, 0) is 5.54 Å². The number of pyridine rings is 1. The van der Waals surface area contributed by atoms with Crippen LogP contribution < -0.4 is 4.74 Å². The van der Waals surface area contributed by atoms with Crippen molar-refractivity contribution in [3.8, 4) is 16.9 Å². The molecular weight excluding hydrogens is 442 g/mol. The Hall–Kier alpha value is -4.70. The highest BCUT2D eigenvalue weighted by Gasteiger charge is 2.40. The lowest BCUT2D eigenvalue weighted by Crippen LogP contribution is -2.38. The van der Waals surface area contributed by atoms with Crippen molar-refractivity contribution < 1.29 is 8.85 Å². The predicted octanol–water partition coefficient (Wildman–Crippen LogP) is 6.95. The number of fused-ring (bicyclic) bond motifs is 1. The second-order valence-corrected chi connectivity index (χ2v) is 8.49. The molecule has 0 aliphatic rings. The minimum absolute atomic E-state index is 0.0477. The zero-order chi connectivity index (χ0) is 27.0. The van der Waals surface area contributed by atoms with Gasteiger partial charge in [0.2, 0.25) is 0 Å². The predicted molar refractivity (Wildman–Crippen MR) is 144 cm³/mol. The molecule has 0 aliphatic carbocycles. The number of nitrogens with zero attached hydrogens (tertiary/aromatic N) is 3. The van der Waals surface area contributed by atoms with Gasteiger partial charge in [0.05, 0.1) is 22.9 Å². The van der Waals surface area contributed by atoms with Crippen molar-refractivity contribution >= 4 is 11.0 Å². The second kappa shape index (κ2) is 9.16. The van der Waals surface area contributed by atoms with Crippen LogP contribution in [0, 0.1) is 0 Å². The summed E-state index contributed by atoms with van der Waals surface area (Å²) in [5.41, 5.74) is 4.87.